The van der Waals surface area contributed by atoms with Crippen LogP contribution in [0.25, 0.3) is 0 Å². The molecular formula is C16H31N. The summed E-state index contributed by atoms with van der Waals surface area (Å²) in [6, 6.07) is 1.53. The minimum Gasteiger partial charge on any atom is -0.311 e. The van der Waals surface area contributed by atoms with Crippen molar-refractivity contribution in [2.45, 2.75) is 84.2 Å². The number of rotatable bonds is 3. The first-order chi connectivity index (χ1) is 8.18. The molecule has 2 rings (SSSR count). The van der Waals surface area contributed by atoms with E-state index in [0.717, 1.165) is 29.8 Å². The van der Waals surface area contributed by atoms with E-state index in [0.29, 0.717) is 0 Å². The molecule has 1 N–H and O–H groups in total. The lowest BCUT2D eigenvalue weighted by Crippen LogP contribution is -2.47. The lowest BCUT2D eigenvalue weighted by atomic mass is 9.77. The maximum absolute atomic E-state index is 3.97. The van der Waals surface area contributed by atoms with Gasteiger partial charge in [0.15, 0.2) is 0 Å². The van der Waals surface area contributed by atoms with Crippen molar-refractivity contribution >= 4 is 0 Å². The zero-order chi connectivity index (χ0) is 12.3. The molecule has 2 saturated carbocycles. The highest BCUT2D eigenvalue weighted by molar-refractivity contribution is 4.86. The first kappa shape index (κ1) is 13.4. The Morgan fingerprint density at radius 3 is 2.29 bits per heavy atom. The van der Waals surface area contributed by atoms with Crippen molar-refractivity contribution < 1.29 is 0 Å². The SMILES string of the molecule is CC1CCCC(NC(C)C2CCCCC2)C1C. The van der Waals surface area contributed by atoms with Gasteiger partial charge in [0.05, 0.1) is 0 Å². The van der Waals surface area contributed by atoms with Crippen LogP contribution in [0.3, 0.4) is 0 Å². The molecule has 100 valence electrons. The average molecular weight is 237 g/mol. The Bertz CT molecular complexity index is 220. The standard InChI is InChI=1S/C16H31N/c1-12-8-7-11-16(13(12)2)17-14(3)15-9-5-4-6-10-15/h12-17H,4-11H2,1-3H3. The second kappa shape index (κ2) is 6.22. The average Bonchev–Trinajstić information content (AvgIpc) is 2.36. The van der Waals surface area contributed by atoms with Gasteiger partial charge in [-0.15, -0.1) is 0 Å². The highest BCUT2D eigenvalue weighted by atomic mass is 15.0. The Balaban J connectivity index is 1.82. The molecule has 4 atom stereocenters. The van der Waals surface area contributed by atoms with E-state index in [-0.39, 0.29) is 0 Å². The summed E-state index contributed by atoms with van der Waals surface area (Å²) in [4.78, 5) is 0. The van der Waals surface area contributed by atoms with Crippen molar-refractivity contribution in [1.29, 1.82) is 0 Å². The van der Waals surface area contributed by atoms with Crippen molar-refractivity contribution in [1.82, 2.24) is 5.32 Å². The second-order valence-corrected chi connectivity index (χ2v) is 6.73. The van der Waals surface area contributed by atoms with E-state index in [1.807, 2.05) is 0 Å². The van der Waals surface area contributed by atoms with Crippen molar-refractivity contribution in [3.05, 3.63) is 0 Å². The van der Waals surface area contributed by atoms with Crippen LogP contribution >= 0.6 is 0 Å². The van der Waals surface area contributed by atoms with Crippen LogP contribution in [-0.4, -0.2) is 12.1 Å². The topological polar surface area (TPSA) is 12.0 Å². The zero-order valence-corrected chi connectivity index (χ0v) is 12.0. The van der Waals surface area contributed by atoms with Crippen molar-refractivity contribution in [3.8, 4) is 0 Å². The zero-order valence-electron chi connectivity index (χ0n) is 12.0. The lowest BCUT2D eigenvalue weighted by molar-refractivity contribution is 0.170. The van der Waals surface area contributed by atoms with E-state index in [4.69, 9.17) is 0 Å². The Morgan fingerprint density at radius 2 is 1.59 bits per heavy atom. The fourth-order valence-corrected chi connectivity index (χ4v) is 3.93. The molecule has 0 aromatic heterocycles. The van der Waals surface area contributed by atoms with Gasteiger partial charge in [-0.3, -0.25) is 0 Å². The molecule has 2 aliphatic carbocycles. The molecule has 0 aromatic carbocycles. The van der Waals surface area contributed by atoms with Crippen molar-refractivity contribution in [2.24, 2.45) is 17.8 Å². The molecule has 0 bridgehead atoms. The quantitative estimate of drug-likeness (QED) is 0.768. The molecule has 17 heavy (non-hydrogen) atoms. The first-order valence-corrected chi connectivity index (χ1v) is 7.94. The predicted octanol–water partition coefficient (Wildman–Crippen LogP) is 4.37. The summed E-state index contributed by atoms with van der Waals surface area (Å²) in [6.07, 6.45) is 11.6. The van der Waals surface area contributed by atoms with Gasteiger partial charge in [-0.1, -0.05) is 46.0 Å². The Labute approximate surface area is 108 Å². The molecule has 2 fully saturated rings. The molecule has 0 radical (unpaired) electrons. The summed E-state index contributed by atoms with van der Waals surface area (Å²) >= 11 is 0. The van der Waals surface area contributed by atoms with E-state index in [1.54, 1.807) is 0 Å². The minimum absolute atomic E-state index is 0.744. The van der Waals surface area contributed by atoms with Crippen LogP contribution in [0.2, 0.25) is 0 Å². The van der Waals surface area contributed by atoms with Crippen LogP contribution in [0.4, 0.5) is 0 Å². The molecule has 4 unspecified atom stereocenters. The monoisotopic (exact) mass is 237 g/mol. The van der Waals surface area contributed by atoms with Crippen LogP contribution in [-0.2, 0) is 0 Å². The third-order valence-corrected chi connectivity index (χ3v) is 5.54. The normalized spacial score (nSPS) is 37.9. The fraction of sp³-hybridized carbons (Fsp3) is 1.00. The van der Waals surface area contributed by atoms with E-state index in [2.05, 4.69) is 26.1 Å². The summed E-state index contributed by atoms with van der Waals surface area (Å²) < 4.78 is 0. The summed E-state index contributed by atoms with van der Waals surface area (Å²) in [5.74, 6) is 2.74. The van der Waals surface area contributed by atoms with Crippen molar-refractivity contribution in [3.63, 3.8) is 0 Å². The smallest absolute Gasteiger partial charge is 0.00978 e. The van der Waals surface area contributed by atoms with Gasteiger partial charge in [0.1, 0.15) is 0 Å². The molecule has 2 aliphatic rings. The minimum atomic E-state index is 0.744. The number of hydrogen-bond acceptors (Lipinski definition) is 1. The first-order valence-electron chi connectivity index (χ1n) is 7.94. The highest BCUT2D eigenvalue weighted by Gasteiger charge is 2.29. The van der Waals surface area contributed by atoms with Gasteiger partial charge >= 0.3 is 0 Å². The third-order valence-electron chi connectivity index (χ3n) is 5.54. The van der Waals surface area contributed by atoms with Crippen LogP contribution < -0.4 is 5.32 Å². The molecule has 1 nitrogen and oxygen atoms in total. The molecular weight excluding hydrogens is 206 g/mol. The van der Waals surface area contributed by atoms with E-state index >= 15 is 0 Å². The van der Waals surface area contributed by atoms with Gasteiger partial charge in [-0.2, -0.15) is 0 Å². The molecule has 1 heteroatoms. The summed E-state index contributed by atoms with van der Waals surface area (Å²) in [5.41, 5.74) is 0. The Morgan fingerprint density at radius 1 is 0.882 bits per heavy atom. The Hall–Kier alpha value is -0.0400. The van der Waals surface area contributed by atoms with Gasteiger partial charge in [0, 0.05) is 12.1 Å². The lowest BCUT2D eigenvalue weighted by Gasteiger charge is -2.39. The maximum atomic E-state index is 3.97. The summed E-state index contributed by atoms with van der Waals surface area (Å²) in [5, 5.41) is 3.97. The van der Waals surface area contributed by atoms with Crippen LogP contribution in [0.15, 0.2) is 0 Å². The third kappa shape index (κ3) is 3.47. The molecule has 0 aliphatic heterocycles. The molecule has 0 saturated heterocycles. The van der Waals surface area contributed by atoms with Gasteiger partial charge in [0.25, 0.3) is 0 Å². The van der Waals surface area contributed by atoms with Gasteiger partial charge in [-0.25, -0.2) is 0 Å². The van der Waals surface area contributed by atoms with Crippen LogP contribution in [0.5, 0.6) is 0 Å². The summed E-state index contributed by atoms with van der Waals surface area (Å²) in [6.45, 7) is 7.32. The highest BCUT2D eigenvalue weighted by Crippen LogP contribution is 2.32. The largest absolute Gasteiger partial charge is 0.311 e. The van der Waals surface area contributed by atoms with Gasteiger partial charge in [-0.05, 0) is 43.9 Å². The molecule has 0 amide bonds. The van der Waals surface area contributed by atoms with E-state index < -0.39 is 0 Å². The molecule has 0 heterocycles. The number of hydrogen-bond donors (Lipinski definition) is 1. The van der Waals surface area contributed by atoms with Crippen LogP contribution in [0.1, 0.15) is 72.1 Å². The van der Waals surface area contributed by atoms with Gasteiger partial charge < -0.3 is 5.32 Å². The molecule has 0 aromatic rings. The summed E-state index contributed by atoms with van der Waals surface area (Å²) in [7, 11) is 0. The van der Waals surface area contributed by atoms with E-state index in [9.17, 15) is 0 Å². The number of nitrogens with one attached hydrogen (secondary N) is 1. The second-order valence-electron chi connectivity index (χ2n) is 6.73. The van der Waals surface area contributed by atoms with Crippen molar-refractivity contribution in [2.75, 3.05) is 0 Å². The maximum Gasteiger partial charge on any atom is 0.00978 e. The molecule has 0 spiro atoms. The van der Waals surface area contributed by atoms with Gasteiger partial charge in [0.2, 0.25) is 0 Å². The fourth-order valence-electron chi connectivity index (χ4n) is 3.93. The van der Waals surface area contributed by atoms with Crippen LogP contribution in [0, 0.1) is 17.8 Å². The van der Waals surface area contributed by atoms with E-state index in [1.165, 1.54) is 51.4 Å². The predicted molar refractivity (Wildman–Crippen MR) is 75.1 cm³/mol. The Kier molecular flexibility index (Phi) is 4.90.